The van der Waals surface area contributed by atoms with Crippen LogP contribution in [0.4, 0.5) is 4.79 Å². The van der Waals surface area contributed by atoms with Crippen molar-refractivity contribution in [3.8, 4) is 17.2 Å². The van der Waals surface area contributed by atoms with Crippen LogP contribution < -0.4 is 19.5 Å². The Labute approximate surface area is 152 Å². The van der Waals surface area contributed by atoms with E-state index in [2.05, 4.69) is 10.4 Å². The maximum atomic E-state index is 12.7. The summed E-state index contributed by atoms with van der Waals surface area (Å²) in [7, 11) is 4.55. The van der Waals surface area contributed by atoms with Gasteiger partial charge in [-0.2, -0.15) is 5.10 Å². The second-order valence-corrected chi connectivity index (χ2v) is 6.39. The summed E-state index contributed by atoms with van der Waals surface area (Å²) in [5.74, 6) is 1.11. The lowest BCUT2D eigenvalue weighted by atomic mass is 9.82. The average molecular weight is 361 g/mol. The van der Waals surface area contributed by atoms with E-state index < -0.39 is 11.6 Å². The molecular formula is C18H23N3O5. The zero-order valence-electron chi connectivity index (χ0n) is 15.2. The van der Waals surface area contributed by atoms with Gasteiger partial charge in [-0.05, 0) is 25.0 Å². The number of methoxy groups -OCH3 is 3. The van der Waals surface area contributed by atoms with Crippen LogP contribution in [0.5, 0.6) is 17.2 Å². The number of nitrogens with one attached hydrogen (secondary N) is 1. The standard InChI is InChI=1S/C18H23N3O5/c1-24-13-9-12(10-14(25-2)15(13)26-3)11-19-21-16(22)18(20-17(21)23)7-5-4-6-8-18/h9-11H,4-8H2,1-3H3,(H,20,23). The number of rotatable bonds is 5. The Balaban J connectivity index is 1.85. The number of hydrazone groups is 1. The number of carbonyl (C=O) groups excluding carboxylic acids is 2. The van der Waals surface area contributed by atoms with E-state index in [9.17, 15) is 9.59 Å². The smallest absolute Gasteiger partial charge is 0.346 e. The van der Waals surface area contributed by atoms with E-state index in [4.69, 9.17) is 14.2 Å². The van der Waals surface area contributed by atoms with Crippen LogP contribution in [-0.4, -0.2) is 50.0 Å². The average Bonchev–Trinajstić information content (AvgIpc) is 2.89. The molecule has 1 aliphatic heterocycles. The fourth-order valence-corrected chi connectivity index (χ4v) is 3.51. The lowest BCUT2D eigenvalue weighted by Gasteiger charge is -2.29. The van der Waals surface area contributed by atoms with Gasteiger partial charge < -0.3 is 19.5 Å². The van der Waals surface area contributed by atoms with Gasteiger partial charge in [0.2, 0.25) is 5.75 Å². The van der Waals surface area contributed by atoms with E-state index in [1.807, 2.05) is 0 Å². The molecule has 0 radical (unpaired) electrons. The molecule has 3 rings (SSSR count). The molecule has 1 aromatic carbocycles. The summed E-state index contributed by atoms with van der Waals surface area (Å²) in [5.41, 5.74) is -0.174. The predicted molar refractivity (Wildman–Crippen MR) is 94.9 cm³/mol. The number of carbonyl (C=O) groups is 2. The summed E-state index contributed by atoms with van der Waals surface area (Å²) < 4.78 is 15.9. The third-order valence-electron chi connectivity index (χ3n) is 4.86. The first kappa shape index (κ1) is 18.0. The molecular weight excluding hydrogens is 338 g/mol. The largest absolute Gasteiger partial charge is 0.493 e. The van der Waals surface area contributed by atoms with Crippen LogP contribution in [0.15, 0.2) is 17.2 Å². The van der Waals surface area contributed by atoms with Crippen LogP contribution in [0.3, 0.4) is 0 Å². The molecule has 1 heterocycles. The third-order valence-corrected chi connectivity index (χ3v) is 4.86. The monoisotopic (exact) mass is 361 g/mol. The van der Waals surface area contributed by atoms with Gasteiger partial charge in [-0.1, -0.05) is 19.3 Å². The van der Waals surface area contributed by atoms with Crippen molar-refractivity contribution in [3.63, 3.8) is 0 Å². The highest BCUT2D eigenvalue weighted by molar-refractivity contribution is 6.07. The van der Waals surface area contributed by atoms with Crippen molar-refractivity contribution in [3.05, 3.63) is 17.7 Å². The minimum Gasteiger partial charge on any atom is -0.493 e. The first-order valence-electron chi connectivity index (χ1n) is 8.55. The van der Waals surface area contributed by atoms with Gasteiger partial charge in [-0.3, -0.25) is 4.79 Å². The SMILES string of the molecule is COc1cc(C=NN2C(=O)NC3(CCCCC3)C2=O)cc(OC)c1OC. The number of imide groups is 1. The van der Waals surface area contributed by atoms with E-state index in [-0.39, 0.29) is 5.91 Å². The number of urea groups is 1. The summed E-state index contributed by atoms with van der Waals surface area (Å²) >= 11 is 0. The first-order chi connectivity index (χ1) is 12.5. The Morgan fingerprint density at radius 1 is 1.04 bits per heavy atom. The molecule has 1 saturated carbocycles. The van der Waals surface area contributed by atoms with Crippen LogP contribution in [0, 0.1) is 0 Å². The van der Waals surface area contributed by atoms with Gasteiger partial charge in [-0.25, -0.2) is 4.79 Å². The zero-order valence-corrected chi connectivity index (χ0v) is 15.2. The summed E-state index contributed by atoms with van der Waals surface area (Å²) in [6.07, 6.45) is 5.69. The Hall–Kier alpha value is -2.77. The predicted octanol–water partition coefficient (Wildman–Crippen LogP) is 2.30. The molecule has 26 heavy (non-hydrogen) atoms. The highest BCUT2D eigenvalue weighted by Crippen LogP contribution is 2.38. The molecule has 1 aromatic rings. The van der Waals surface area contributed by atoms with E-state index >= 15 is 0 Å². The summed E-state index contributed by atoms with van der Waals surface area (Å²) in [5, 5.41) is 7.84. The molecule has 2 fully saturated rings. The van der Waals surface area contributed by atoms with Crippen molar-refractivity contribution in [2.75, 3.05) is 21.3 Å². The minimum atomic E-state index is -0.790. The van der Waals surface area contributed by atoms with Gasteiger partial charge >= 0.3 is 6.03 Å². The lowest BCUT2D eigenvalue weighted by Crippen LogP contribution is -2.48. The van der Waals surface area contributed by atoms with Crippen LogP contribution in [0.1, 0.15) is 37.7 Å². The molecule has 3 amide bonds. The molecule has 0 unspecified atom stereocenters. The number of ether oxygens (including phenoxy) is 3. The third kappa shape index (κ3) is 3.07. The molecule has 0 bridgehead atoms. The normalized spacial score (nSPS) is 19.1. The zero-order chi connectivity index (χ0) is 18.7. The second-order valence-electron chi connectivity index (χ2n) is 6.39. The molecule has 2 aliphatic rings. The maximum Gasteiger partial charge on any atom is 0.346 e. The van der Waals surface area contributed by atoms with Crippen molar-refractivity contribution < 1.29 is 23.8 Å². The molecule has 1 N–H and O–H groups in total. The Kier molecular flexibility index (Phi) is 5.01. The fraction of sp³-hybridized carbons (Fsp3) is 0.500. The molecule has 1 saturated heterocycles. The van der Waals surface area contributed by atoms with Gasteiger partial charge in [0.05, 0.1) is 27.5 Å². The van der Waals surface area contributed by atoms with Crippen molar-refractivity contribution >= 4 is 18.2 Å². The molecule has 1 aliphatic carbocycles. The van der Waals surface area contributed by atoms with Crippen molar-refractivity contribution in [2.45, 2.75) is 37.6 Å². The van der Waals surface area contributed by atoms with Crippen LogP contribution >= 0.6 is 0 Å². The molecule has 8 nitrogen and oxygen atoms in total. The summed E-state index contributed by atoms with van der Waals surface area (Å²) in [4.78, 5) is 25.0. The molecule has 140 valence electrons. The minimum absolute atomic E-state index is 0.286. The van der Waals surface area contributed by atoms with Crippen LogP contribution in [-0.2, 0) is 4.79 Å². The van der Waals surface area contributed by atoms with Gasteiger partial charge in [-0.15, -0.1) is 5.01 Å². The lowest BCUT2D eigenvalue weighted by molar-refractivity contribution is -0.132. The van der Waals surface area contributed by atoms with Gasteiger partial charge in [0, 0.05) is 5.56 Å². The number of hydrogen-bond donors (Lipinski definition) is 1. The molecule has 1 spiro atoms. The second kappa shape index (κ2) is 7.23. The number of hydrogen-bond acceptors (Lipinski definition) is 6. The first-order valence-corrected chi connectivity index (χ1v) is 8.55. The quantitative estimate of drug-likeness (QED) is 0.642. The number of amides is 3. The highest BCUT2D eigenvalue weighted by atomic mass is 16.5. The van der Waals surface area contributed by atoms with E-state index in [0.717, 1.165) is 24.3 Å². The summed E-state index contributed by atoms with van der Waals surface area (Å²) in [6, 6.07) is 2.90. The maximum absolute atomic E-state index is 12.7. The van der Waals surface area contributed by atoms with Crippen molar-refractivity contribution in [1.82, 2.24) is 10.3 Å². The molecule has 0 aromatic heterocycles. The van der Waals surface area contributed by atoms with Crippen molar-refractivity contribution in [1.29, 1.82) is 0 Å². The number of nitrogens with zero attached hydrogens (tertiary/aromatic N) is 2. The van der Waals surface area contributed by atoms with Crippen LogP contribution in [0.2, 0.25) is 0 Å². The topological polar surface area (TPSA) is 89.5 Å². The number of benzene rings is 1. The fourth-order valence-electron chi connectivity index (χ4n) is 3.51. The van der Waals surface area contributed by atoms with Gasteiger partial charge in [0.15, 0.2) is 11.5 Å². The van der Waals surface area contributed by atoms with E-state index in [1.54, 1.807) is 12.1 Å². The Bertz CT molecular complexity index is 715. The van der Waals surface area contributed by atoms with Gasteiger partial charge in [0.25, 0.3) is 5.91 Å². The van der Waals surface area contributed by atoms with Crippen LogP contribution in [0.25, 0.3) is 0 Å². The Morgan fingerprint density at radius 3 is 2.19 bits per heavy atom. The molecule has 0 atom stereocenters. The van der Waals surface area contributed by atoms with E-state index in [0.29, 0.717) is 35.7 Å². The molecule has 8 heteroatoms. The van der Waals surface area contributed by atoms with E-state index in [1.165, 1.54) is 27.5 Å². The van der Waals surface area contributed by atoms with Gasteiger partial charge in [0.1, 0.15) is 5.54 Å². The highest BCUT2D eigenvalue weighted by Gasteiger charge is 2.51. The summed E-state index contributed by atoms with van der Waals surface area (Å²) in [6.45, 7) is 0. The van der Waals surface area contributed by atoms with Crippen molar-refractivity contribution in [2.24, 2.45) is 5.10 Å². The Morgan fingerprint density at radius 2 is 1.65 bits per heavy atom.